The standard InChI is InChI=1S/C19H16N2O6/c1-25-16-6-4-3-5-14(16)20-19(22)17-10-9-15(27-17)13-8-7-12(21(23)24)11-18(13)26-2/h3-11H,1-2H3,(H,20,22). The number of para-hydroxylation sites is 2. The summed E-state index contributed by atoms with van der Waals surface area (Å²) in [7, 11) is 2.91. The molecule has 0 aliphatic heterocycles. The molecule has 3 rings (SSSR count). The van der Waals surface area contributed by atoms with Crippen LogP contribution in [0, 0.1) is 10.1 Å². The van der Waals surface area contributed by atoms with Gasteiger partial charge >= 0.3 is 0 Å². The molecule has 0 bridgehead atoms. The van der Waals surface area contributed by atoms with E-state index < -0.39 is 10.8 Å². The minimum absolute atomic E-state index is 0.0799. The Kier molecular flexibility index (Phi) is 5.07. The molecule has 8 nitrogen and oxygen atoms in total. The van der Waals surface area contributed by atoms with E-state index in [1.165, 1.54) is 38.5 Å². The van der Waals surface area contributed by atoms with E-state index in [9.17, 15) is 14.9 Å². The molecule has 0 fully saturated rings. The molecule has 1 N–H and O–H groups in total. The molecule has 0 unspecified atom stereocenters. The zero-order valence-corrected chi connectivity index (χ0v) is 14.6. The monoisotopic (exact) mass is 368 g/mol. The summed E-state index contributed by atoms with van der Waals surface area (Å²) in [6, 6.07) is 14.3. The number of nitrogens with one attached hydrogen (secondary N) is 1. The summed E-state index contributed by atoms with van der Waals surface area (Å²) < 4.78 is 16.0. The van der Waals surface area contributed by atoms with Crippen molar-refractivity contribution in [1.29, 1.82) is 0 Å². The smallest absolute Gasteiger partial charge is 0.291 e. The molecule has 2 aromatic carbocycles. The highest BCUT2D eigenvalue weighted by atomic mass is 16.6. The summed E-state index contributed by atoms with van der Waals surface area (Å²) in [5.74, 6) is 0.778. The van der Waals surface area contributed by atoms with Gasteiger partial charge in [-0.1, -0.05) is 12.1 Å². The second-order valence-corrected chi connectivity index (χ2v) is 5.46. The van der Waals surface area contributed by atoms with Gasteiger partial charge in [0.1, 0.15) is 17.3 Å². The minimum Gasteiger partial charge on any atom is -0.496 e. The summed E-state index contributed by atoms with van der Waals surface area (Å²) >= 11 is 0. The number of ether oxygens (including phenoxy) is 2. The van der Waals surface area contributed by atoms with Gasteiger partial charge in [-0.3, -0.25) is 14.9 Å². The van der Waals surface area contributed by atoms with Crippen LogP contribution in [0.5, 0.6) is 11.5 Å². The molecule has 0 spiro atoms. The molecule has 3 aromatic rings. The topological polar surface area (TPSA) is 104 Å². The van der Waals surface area contributed by atoms with Crippen molar-refractivity contribution in [1.82, 2.24) is 0 Å². The van der Waals surface area contributed by atoms with Crippen LogP contribution < -0.4 is 14.8 Å². The maximum atomic E-state index is 12.4. The van der Waals surface area contributed by atoms with E-state index in [4.69, 9.17) is 13.9 Å². The molecule has 1 aromatic heterocycles. The van der Waals surface area contributed by atoms with Crippen molar-refractivity contribution < 1.29 is 23.6 Å². The molecular formula is C19H16N2O6. The number of rotatable bonds is 6. The van der Waals surface area contributed by atoms with Gasteiger partial charge in [-0.05, 0) is 30.3 Å². The maximum Gasteiger partial charge on any atom is 0.291 e. The number of carbonyl (C=O) groups is 1. The molecule has 138 valence electrons. The van der Waals surface area contributed by atoms with Crippen LogP contribution in [0.3, 0.4) is 0 Å². The third-order valence-corrected chi connectivity index (χ3v) is 3.85. The third-order valence-electron chi connectivity index (χ3n) is 3.85. The van der Waals surface area contributed by atoms with Crippen molar-refractivity contribution in [3.63, 3.8) is 0 Å². The molecule has 0 saturated carbocycles. The zero-order chi connectivity index (χ0) is 19.4. The predicted molar refractivity (Wildman–Crippen MR) is 98.3 cm³/mol. The Balaban J connectivity index is 1.86. The lowest BCUT2D eigenvalue weighted by atomic mass is 10.1. The van der Waals surface area contributed by atoms with Gasteiger partial charge < -0.3 is 19.2 Å². The third kappa shape index (κ3) is 3.74. The van der Waals surface area contributed by atoms with E-state index in [2.05, 4.69) is 5.32 Å². The van der Waals surface area contributed by atoms with Crippen molar-refractivity contribution in [3.05, 3.63) is 70.5 Å². The molecule has 27 heavy (non-hydrogen) atoms. The van der Waals surface area contributed by atoms with E-state index in [0.29, 0.717) is 22.8 Å². The van der Waals surface area contributed by atoms with Gasteiger partial charge in [-0.15, -0.1) is 0 Å². The number of hydrogen-bond acceptors (Lipinski definition) is 6. The summed E-state index contributed by atoms with van der Waals surface area (Å²) in [5.41, 5.74) is 0.909. The normalized spacial score (nSPS) is 10.3. The van der Waals surface area contributed by atoms with E-state index in [-0.39, 0.29) is 17.2 Å². The number of benzene rings is 2. The fourth-order valence-corrected chi connectivity index (χ4v) is 2.53. The van der Waals surface area contributed by atoms with Crippen molar-refractivity contribution in [2.45, 2.75) is 0 Å². The first-order valence-electron chi connectivity index (χ1n) is 7.90. The van der Waals surface area contributed by atoms with Crippen LogP contribution in [0.25, 0.3) is 11.3 Å². The fourth-order valence-electron chi connectivity index (χ4n) is 2.53. The Morgan fingerprint density at radius 3 is 2.48 bits per heavy atom. The lowest BCUT2D eigenvalue weighted by molar-refractivity contribution is -0.384. The Hall–Kier alpha value is -3.81. The molecule has 0 saturated heterocycles. The summed E-state index contributed by atoms with van der Waals surface area (Å²) in [4.78, 5) is 22.8. The Bertz CT molecular complexity index is 995. The van der Waals surface area contributed by atoms with Crippen molar-refractivity contribution >= 4 is 17.3 Å². The van der Waals surface area contributed by atoms with E-state index in [1.54, 1.807) is 30.3 Å². The number of anilines is 1. The molecule has 1 amide bonds. The Morgan fingerprint density at radius 1 is 1.04 bits per heavy atom. The average Bonchev–Trinajstić information content (AvgIpc) is 3.18. The predicted octanol–water partition coefficient (Wildman–Crippen LogP) is 4.12. The summed E-state index contributed by atoms with van der Waals surface area (Å²) in [6.07, 6.45) is 0. The number of methoxy groups -OCH3 is 2. The highest BCUT2D eigenvalue weighted by Crippen LogP contribution is 2.34. The van der Waals surface area contributed by atoms with Gasteiger partial charge in [-0.25, -0.2) is 0 Å². The van der Waals surface area contributed by atoms with Crippen LogP contribution in [-0.2, 0) is 0 Å². The average molecular weight is 368 g/mol. The van der Waals surface area contributed by atoms with E-state index in [1.807, 2.05) is 0 Å². The van der Waals surface area contributed by atoms with Gasteiger partial charge in [0, 0.05) is 6.07 Å². The van der Waals surface area contributed by atoms with Crippen LogP contribution in [0.15, 0.2) is 59.0 Å². The molecule has 0 atom stereocenters. The Morgan fingerprint density at radius 2 is 1.78 bits per heavy atom. The van der Waals surface area contributed by atoms with Crippen LogP contribution in [0.1, 0.15) is 10.6 Å². The number of hydrogen-bond donors (Lipinski definition) is 1. The SMILES string of the molecule is COc1ccccc1NC(=O)c1ccc(-c2ccc([N+](=O)[O-])cc2OC)o1. The number of nitro groups is 1. The number of carbonyl (C=O) groups excluding carboxylic acids is 1. The summed E-state index contributed by atoms with van der Waals surface area (Å²) in [6.45, 7) is 0. The first-order chi connectivity index (χ1) is 13.0. The fraction of sp³-hybridized carbons (Fsp3) is 0.105. The number of amides is 1. The molecule has 0 radical (unpaired) electrons. The first kappa shape index (κ1) is 18.0. The van der Waals surface area contributed by atoms with Crippen molar-refractivity contribution in [2.24, 2.45) is 0 Å². The van der Waals surface area contributed by atoms with Gasteiger partial charge in [0.05, 0.1) is 36.5 Å². The lowest BCUT2D eigenvalue weighted by Crippen LogP contribution is -2.11. The molecule has 1 heterocycles. The second kappa shape index (κ2) is 7.61. The largest absolute Gasteiger partial charge is 0.496 e. The first-order valence-corrected chi connectivity index (χ1v) is 7.90. The number of nitrogens with zero attached hydrogens (tertiary/aromatic N) is 1. The number of furan rings is 1. The van der Waals surface area contributed by atoms with Crippen LogP contribution in [-0.4, -0.2) is 25.1 Å². The molecule has 8 heteroatoms. The van der Waals surface area contributed by atoms with Crippen LogP contribution >= 0.6 is 0 Å². The van der Waals surface area contributed by atoms with Crippen LogP contribution in [0.2, 0.25) is 0 Å². The highest BCUT2D eigenvalue weighted by Gasteiger charge is 2.18. The molecule has 0 aliphatic rings. The Labute approximate surface area is 154 Å². The highest BCUT2D eigenvalue weighted by molar-refractivity contribution is 6.03. The van der Waals surface area contributed by atoms with Gasteiger partial charge in [0.15, 0.2) is 5.76 Å². The number of non-ortho nitro benzene ring substituents is 1. The zero-order valence-electron chi connectivity index (χ0n) is 14.6. The van der Waals surface area contributed by atoms with Crippen molar-refractivity contribution in [3.8, 4) is 22.8 Å². The second-order valence-electron chi connectivity index (χ2n) is 5.46. The van der Waals surface area contributed by atoms with Crippen molar-refractivity contribution in [2.75, 3.05) is 19.5 Å². The minimum atomic E-state index is -0.513. The summed E-state index contributed by atoms with van der Waals surface area (Å²) in [5, 5.41) is 13.6. The van der Waals surface area contributed by atoms with Gasteiger partial charge in [0.2, 0.25) is 0 Å². The van der Waals surface area contributed by atoms with Gasteiger partial charge in [-0.2, -0.15) is 0 Å². The van der Waals surface area contributed by atoms with E-state index >= 15 is 0 Å². The van der Waals surface area contributed by atoms with E-state index in [0.717, 1.165) is 0 Å². The molecular weight excluding hydrogens is 352 g/mol. The van der Waals surface area contributed by atoms with Crippen LogP contribution in [0.4, 0.5) is 11.4 Å². The maximum absolute atomic E-state index is 12.4. The number of nitro benzene ring substituents is 1. The quantitative estimate of drug-likeness (QED) is 0.518. The van der Waals surface area contributed by atoms with Gasteiger partial charge in [0.25, 0.3) is 11.6 Å². The molecule has 0 aliphatic carbocycles. The lowest BCUT2D eigenvalue weighted by Gasteiger charge is -2.08.